The molecule has 32 heavy (non-hydrogen) atoms. The third-order valence-electron chi connectivity index (χ3n) is 5.31. The molecule has 174 valence electrons. The minimum absolute atomic E-state index is 0.0989. The Hall–Kier alpha value is -2.73. The number of carbonyl (C=O) groups is 2. The third-order valence-corrected chi connectivity index (χ3v) is 5.68. The predicted octanol–water partition coefficient (Wildman–Crippen LogP) is 4.62. The molecule has 6 nitrogen and oxygen atoms in total. The van der Waals surface area contributed by atoms with E-state index in [1.165, 1.54) is 0 Å². The van der Waals surface area contributed by atoms with Crippen molar-refractivity contribution in [1.82, 2.24) is 10.2 Å². The zero-order valence-corrected chi connectivity index (χ0v) is 20.1. The van der Waals surface area contributed by atoms with Crippen LogP contribution in [0.4, 0.5) is 0 Å². The van der Waals surface area contributed by atoms with Gasteiger partial charge in [-0.2, -0.15) is 0 Å². The number of rotatable bonds is 12. The number of benzene rings is 2. The molecule has 0 aliphatic rings. The number of hydrogen-bond donors (Lipinski definition) is 1. The van der Waals surface area contributed by atoms with Crippen molar-refractivity contribution in [2.45, 2.75) is 52.1 Å². The van der Waals surface area contributed by atoms with Gasteiger partial charge in [0.1, 0.15) is 6.04 Å². The summed E-state index contributed by atoms with van der Waals surface area (Å²) in [6.07, 6.45) is 2.13. The molecule has 2 aromatic carbocycles. The fourth-order valence-electron chi connectivity index (χ4n) is 3.53. The summed E-state index contributed by atoms with van der Waals surface area (Å²) in [5, 5.41) is 3.50. The molecule has 1 unspecified atom stereocenters. The lowest BCUT2D eigenvalue weighted by atomic mass is 10.1. The Bertz CT molecular complexity index is 903. The van der Waals surface area contributed by atoms with Gasteiger partial charge in [0, 0.05) is 24.5 Å². The average Bonchev–Trinajstić information content (AvgIpc) is 2.81. The highest BCUT2D eigenvalue weighted by Crippen LogP contribution is 2.28. The van der Waals surface area contributed by atoms with Crippen LogP contribution >= 0.6 is 11.6 Å². The lowest BCUT2D eigenvalue weighted by Crippen LogP contribution is -2.49. The zero-order valence-electron chi connectivity index (χ0n) is 19.3. The Morgan fingerprint density at radius 3 is 2.41 bits per heavy atom. The second-order valence-electron chi connectivity index (χ2n) is 7.52. The van der Waals surface area contributed by atoms with Gasteiger partial charge in [0.05, 0.1) is 14.2 Å². The number of amides is 2. The fraction of sp³-hybridized carbons (Fsp3) is 0.440. The molecule has 2 amide bonds. The standard InChI is InChI=1S/C25H33ClN2O4/c1-5-15-27-25(30)21(6-2)28(17-19-9-7-8-10-20(19)26)24(29)14-12-18-11-13-22(31-3)23(16-18)32-4/h7-11,13,16,21H,5-6,12,14-15,17H2,1-4H3,(H,27,30). The van der Waals surface area contributed by atoms with Crippen molar-refractivity contribution in [2.24, 2.45) is 0 Å². The second kappa shape index (κ2) is 13.0. The molecular formula is C25H33ClN2O4. The van der Waals surface area contributed by atoms with E-state index in [4.69, 9.17) is 21.1 Å². The van der Waals surface area contributed by atoms with Crippen LogP contribution in [0.5, 0.6) is 11.5 Å². The molecule has 0 saturated carbocycles. The van der Waals surface area contributed by atoms with E-state index in [-0.39, 0.29) is 24.8 Å². The molecule has 0 bridgehead atoms. The first-order valence-corrected chi connectivity index (χ1v) is 11.3. The quantitative estimate of drug-likeness (QED) is 0.501. The van der Waals surface area contributed by atoms with Gasteiger partial charge in [0.2, 0.25) is 11.8 Å². The summed E-state index contributed by atoms with van der Waals surface area (Å²) in [5.41, 5.74) is 1.77. The van der Waals surface area contributed by atoms with Gasteiger partial charge < -0.3 is 19.7 Å². The molecule has 0 saturated heterocycles. The van der Waals surface area contributed by atoms with E-state index in [0.29, 0.717) is 35.9 Å². The highest BCUT2D eigenvalue weighted by atomic mass is 35.5. The first kappa shape index (κ1) is 25.5. The van der Waals surface area contributed by atoms with Crippen molar-refractivity contribution in [3.05, 3.63) is 58.6 Å². The van der Waals surface area contributed by atoms with E-state index in [1.807, 2.05) is 50.2 Å². The Labute approximate surface area is 195 Å². The van der Waals surface area contributed by atoms with Crippen LogP contribution in [0.3, 0.4) is 0 Å². The van der Waals surface area contributed by atoms with Gasteiger partial charge in [-0.25, -0.2) is 0 Å². The maximum Gasteiger partial charge on any atom is 0.242 e. The van der Waals surface area contributed by atoms with Crippen LogP contribution in [0.25, 0.3) is 0 Å². The van der Waals surface area contributed by atoms with Crippen LogP contribution in [0.1, 0.15) is 44.2 Å². The Morgan fingerprint density at radius 2 is 1.78 bits per heavy atom. The van der Waals surface area contributed by atoms with E-state index in [2.05, 4.69) is 5.32 Å². The van der Waals surface area contributed by atoms with Crippen molar-refractivity contribution in [3.63, 3.8) is 0 Å². The van der Waals surface area contributed by atoms with Gasteiger partial charge >= 0.3 is 0 Å². The zero-order chi connectivity index (χ0) is 23.5. The number of nitrogens with zero attached hydrogens (tertiary/aromatic N) is 1. The minimum Gasteiger partial charge on any atom is -0.493 e. The van der Waals surface area contributed by atoms with Crippen LogP contribution in [0, 0.1) is 0 Å². The first-order valence-electron chi connectivity index (χ1n) is 11.0. The van der Waals surface area contributed by atoms with Crippen molar-refractivity contribution >= 4 is 23.4 Å². The molecule has 1 N–H and O–H groups in total. The smallest absolute Gasteiger partial charge is 0.242 e. The minimum atomic E-state index is -0.560. The Morgan fingerprint density at radius 1 is 1.06 bits per heavy atom. The van der Waals surface area contributed by atoms with Crippen LogP contribution in [-0.4, -0.2) is 43.5 Å². The largest absolute Gasteiger partial charge is 0.493 e. The SMILES string of the molecule is CCCNC(=O)C(CC)N(Cc1ccccc1Cl)C(=O)CCc1ccc(OC)c(OC)c1. The summed E-state index contributed by atoms with van der Waals surface area (Å²) in [5.74, 6) is 1.02. The van der Waals surface area contributed by atoms with E-state index in [0.717, 1.165) is 17.5 Å². The monoisotopic (exact) mass is 460 g/mol. The highest BCUT2D eigenvalue weighted by Gasteiger charge is 2.28. The summed E-state index contributed by atoms with van der Waals surface area (Å²) < 4.78 is 10.6. The van der Waals surface area contributed by atoms with Gasteiger partial charge in [0.15, 0.2) is 11.5 Å². The van der Waals surface area contributed by atoms with E-state index < -0.39 is 6.04 Å². The number of nitrogens with one attached hydrogen (secondary N) is 1. The average molecular weight is 461 g/mol. The number of halogens is 1. The molecule has 0 spiro atoms. The third kappa shape index (κ3) is 6.89. The van der Waals surface area contributed by atoms with Gasteiger partial charge in [-0.1, -0.05) is 49.7 Å². The maximum atomic E-state index is 13.3. The second-order valence-corrected chi connectivity index (χ2v) is 7.92. The summed E-state index contributed by atoms with van der Waals surface area (Å²) in [6.45, 7) is 4.77. The number of aryl methyl sites for hydroxylation is 1. The Balaban J connectivity index is 2.22. The van der Waals surface area contributed by atoms with Crippen LogP contribution in [-0.2, 0) is 22.6 Å². The lowest BCUT2D eigenvalue weighted by molar-refractivity contribution is -0.141. The molecule has 0 heterocycles. The summed E-state index contributed by atoms with van der Waals surface area (Å²) in [4.78, 5) is 27.8. The van der Waals surface area contributed by atoms with Crippen LogP contribution in [0.15, 0.2) is 42.5 Å². The highest BCUT2D eigenvalue weighted by molar-refractivity contribution is 6.31. The van der Waals surface area contributed by atoms with Gasteiger partial charge in [-0.15, -0.1) is 0 Å². The molecule has 0 fully saturated rings. The van der Waals surface area contributed by atoms with Crippen LogP contribution < -0.4 is 14.8 Å². The number of hydrogen-bond acceptors (Lipinski definition) is 4. The predicted molar refractivity (Wildman–Crippen MR) is 127 cm³/mol. The van der Waals surface area contributed by atoms with Crippen LogP contribution in [0.2, 0.25) is 5.02 Å². The molecule has 2 rings (SSSR count). The van der Waals surface area contributed by atoms with Crippen molar-refractivity contribution in [3.8, 4) is 11.5 Å². The molecular weight excluding hydrogens is 428 g/mol. The normalized spacial score (nSPS) is 11.5. The number of ether oxygens (including phenoxy) is 2. The summed E-state index contributed by atoms with van der Waals surface area (Å²) in [6, 6.07) is 12.5. The van der Waals surface area contributed by atoms with Gasteiger partial charge in [-0.05, 0) is 48.6 Å². The summed E-state index contributed by atoms with van der Waals surface area (Å²) >= 11 is 6.35. The number of carbonyl (C=O) groups excluding carboxylic acids is 2. The topological polar surface area (TPSA) is 67.9 Å². The van der Waals surface area contributed by atoms with Crippen molar-refractivity contribution in [1.29, 1.82) is 0 Å². The van der Waals surface area contributed by atoms with Crippen molar-refractivity contribution < 1.29 is 19.1 Å². The maximum absolute atomic E-state index is 13.3. The lowest BCUT2D eigenvalue weighted by Gasteiger charge is -2.31. The molecule has 7 heteroatoms. The van der Waals surface area contributed by atoms with E-state index in [9.17, 15) is 9.59 Å². The van der Waals surface area contributed by atoms with E-state index >= 15 is 0 Å². The molecule has 1 atom stereocenters. The van der Waals surface area contributed by atoms with E-state index in [1.54, 1.807) is 25.2 Å². The van der Waals surface area contributed by atoms with Gasteiger partial charge in [0.25, 0.3) is 0 Å². The Kier molecular flexibility index (Phi) is 10.3. The molecule has 0 radical (unpaired) electrons. The van der Waals surface area contributed by atoms with Crippen molar-refractivity contribution in [2.75, 3.05) is 20.8 Å². The first-order chi connectivity index (χ1) is 15.4. The summed E-state index contributed by atoms with van der Waals surface area (Å²) in [7, 11) is 3.17. The molecule has 0 aliphatic heterocycles. The fourth-order valence-corrected chi connectivity index (χ4v) is 3.72. The molecule has 0 aliphatic carbocycles. The molecule has 2 aromatic rings. The number of methoxy groups -OCH3 is 2. The van der Waals surface area contributed by atoms with Gasteiger partial charge in [-0.3, -0.25) is 9.59 Å². The molecule has 0 aromatic heterocycles.